The number of nitrogens with one attached hydrogen (secondary N) is 2. The van der Waals surface area contributed by atoms with Gasteiger partial charge in [0.25, 0.3) is 0 Å². The summed E-state index contributed by atoms with van der Waals surface area (Å²) in [7, 11) is 0. The second-order valence-electron chi connectivity index (χ2n) is 5.29. The Balaban J connectivity index is 1.49. The van der Waals surface area contributed by atoms with Gasteiger partial charge < -0.3 is 10.1 Å². The predicted molar refractivity (Wildman–Crippen MR) is 78.1 cm³/mol. The lowest BCUT2D eigenvalue weighted by atomic mass is 10.00. The van der Waals surface area contributed by atoms with Crippen molar-refractivity contribution in [2.75, 3.05) is 25.1 Å². The number of rotatable bonds is 5. The van der Waals surface area contributed by atoms with Crippen LogP contribution in [-0.2, 0) is 11.2 Å². The summed E-state index contributed by atoms with van der Waals surface area (Å²) in [5.74, 6) is 2.89. The van der Waals surface area contributed by atoms with E-state index in [9.17, 15) is 0 Å². The summed E-state index contributed by atoms with van der Waals surface area (Å²) in [6.45, 7) is 4.31. The van der Waals surface area contributed by atoms with Gasteiger partial charge in [-0.25, -0.2) is 15.0 Å². The Morgan fingerprint density at radius 1 is 1.29 bits per heavy atom. The Labute approximate surface area is 123 Å². The molecule has 0 atom stereocenters. The number of H-pyrrole nitrogens is 1. The number of nitrogens with zero attached hydrogens (tertiary/aromatic N) is 4. The number of aromatic nitrogens is 5. The van der Waals surface area contributed by atoms with Crippen LogP contribution >= 0.6 is 0 Å². The summed E-state index contributed by atoms with van der Waals surface area (Å²) in [5, 5.41) is 10.5. The highest BCUT2D eigenvalue weighted by Gasteiger charge is 2.19. The molecule has 1 aliphatic heterocycles. The molecule has 1 aliphatic rings. The van der Waals surface area contributed by atoms with E-state index in [0.29, 0.717) is 11.9 Å². The van der Waals surface area contributed by atoms with Crippen LogP contribution in [0.15, 0.2) is 12.4 Å². The number of hydrogen-bond acceptors (Lipinski definition) is 6. The lowest BCUT2D eigenvalue weighted by molar-refractivity contribution is 0.0836. The SMILES string of the molecule is Cc1cnc(NCCc2nc(C3CCOCC3)n[nH]2)nc1. The third kappa shape index (κ3) is 3.75. The normalized spacial score (nSPS) is 16.0. The van der Waals surface area contributed by atoms with E-state index in [1.54, 1.807) is 12.4 Å². The first-order valence-electron chi connectivity index (χ1n) is 7.33. The quantitative estimate of drug-likeness (QED) is 0.865. The molecule has 2 aromatic heterocycles. The third-order valence-corrected chi connectivity index (χ3v) is 3.56. The van der Waals surface area contributed by atoms with Gasteiger partial charge in [-0.05, 0) is 25.3 Å². The molecular weight excluding hydrogens is 268 g/mol. The van der Waals surface area contributed by atoms with Crippen molar-refractivity contribution < 1.29 is 4.74 Å². The summed E-state index contributed by atoms with van der Waals surface area (Å²) in [6, 6.07) is 0. The van der Waals surface area contributed by atoms with Gasteiger partial charge >= 0.3 is 0 Å². The van der Waals surface area contributed by atoms with E-state index in [2.05, 4.69) is 30.5 Å². The van der Waals surface area contributed by atoms with Gasteiger partial charge in [0, 0.05) is 44.5 Å². The highest BCUT2D eigenvalue weighted by Crippen LogP contribution is 2.23. The number of hydrogen-bond donors (Lipinski definition) is 2. The zero-order chi connectivity index (χ0) is 14.5. The molecule has 0 unspecified atom stereocenters. The van der Waals surface area contributed by atoms with E-state index in [1.165, 1.54) is 0 Å². The van der Waals surface area contributed by atoms with Crippen molar-refractivity contribution in [2.45, 2.75) is 32.1 Å². The van der Waals surface area contributed by atoms with Gasteiger partial charge in [-0.2, -0.15) is 5.10 Å². The fourth-order valence-electron chi connectivity index (χ4n) is 2.34. The van der Waals surface area contributed by atoms with Crippen molar-refractivity contribution >= 4 is 5.95 Å². The van der Waals surface area contributed by atoms with E-state index in [-0.39, 0.29) is 0 Å². The topological polar surface area (TPSA) is 88.6 Å². The molecule has 2 aromatic rings. The van der Waals surface area contributed by atoms with Gasteiger partial charge in [0.1, 0.15) is 5.82 Å². The van der Waals surface area contributed by atoms with Crippen LogP contribution in [0, 0.1) is 6.92 Å². The smallest absolute Gasteiger partial charge is 0.222 e. The molecule has 1 fully saturated rings. The standard InChI is InChI=1S/C14H20N6O/c1-10-8-16-14(17-9-10)15-5-2-12-18-13(20-19-12)11-3-6-21-7-4-11/h8-9,11H,2-7H2,1H3,(H,15,16,17)(H,18,19,20). The maximum atomic E-state index is 5.36. The third-order valence-electron chi connectivity index (χ3n) is 3.56. The summed E-state index contributed by atoms with van der Waals surface area (Å²) in [6.07, 6.45) is 6.38. The molecule has 0 aromatic carbocycles. The van der Waals surface area contributed by atoms with Crippen LogP contribution in [0.4, 0.5) is 5.95 Å². The van der Waals surface area contributed by atoms with E-state index in [1.807, 2.05) is 6.92 Å². The van der Waals surface area contributed by atoms with Crippen LogP contribution in [0.3, 0.4) is 0 Å². The Bertz CT molecular complexity index is 561. The minimum Gasteiger partial charge on any atom is -0.381 e. The van der Waals surface area contributed by atoms with E-state index in [0.717, 1.165) is 56.2 Å². The number of anilines is 1. The van der Waals surface area contributed by atoms with Crippen molar-refractivity contribution in [3.63, 3.8) is 0 Å². The minimum absolute atomic E-state index is 0.428. The fourth-order valence-corrected chi connectivity index (χ4v) is 2.34. The van der Waals surface area contributed by atoms with E-state index < -0.39 is 0 Å². The Kier molecular flexibility index (Phi) is 4.40. The zero-order valence-corrected chi connectivity index (χ0v) is 12.2. The van der Waals surface area contributed by atoms with Crippen LogP contribution in [0.5, 0.6) is 0 Å². The Morgan fingerprint density at radius 3 is 2.81 bits per heavy atom. The van der Waals surface area contributed by atoms with Crippen LogP contribution in [0.25, 0.3) is 0 Å². The molecule has 0 saturated carbocycles. The van der Waals surface area contributed by atoms with Gasteiger partial charge in [-0.15, -0.1) is 0 Å². The van der Waals surface area contributed by atoms with E-state index in [4.69, 9.17) is 4.74 Å². The maximum absolute atomic E-state index is 5.36. The largest absolute Gasteiger partial charge is 0.381 e. The first-order valence-corrected chi connectivity index (χ1v) is 7.33. The van der Waals surface area contributed by atoms with Crippen LogP contribution in [0.2, 0.25) is 0 Å². The molecule has 7 nitrogen and oxygen atoms in total. The molecule has 0 spiro atoms. The van der Waals surface area contributed by atoms with Gasteiger partial charge in [0.05, 0.1) is 0 Å². The molecular formula is C14H20N6O. The van der Waals surface area contributed by atoms with Gasteiger partial charge in [0.15, 0.2) is 5.82 Å². The Hall–Kier alpha value is -2.02. The number of aryl methyl sites for hydroxylation is 1. The van der Waals surface area contributed by atoms with Crippen molar-refractivity contribution in [3.8, 4) is 0 Å². The zero-order valence-electron chi connectivity index (χ0n) is 12.2. The molecule has 0 bridgehead atoms. The first-order chi connectivity index (χ1) is 10.3. The van der Waals surface area contributed by atoms with Gasteiger partial charge in [-0.3, -0.25) is 5.10 Å². The van der Waals surface area contributed by atoms with E-state index >= 15 is 0 Å². The maximum Gasteiger partial charge on any atom is 0.222 e. The molecule has 0 radical (unpaired) electrons. The molecule has 0 amide bonds. The molecule has 7 heteroatoms. The van der Waals surface area contributed by atoms with Crippen molar-refractivity contribution in [3.05, 3.63) is 29.6 Å². The fraction of sp³-hybridized carbons (Fsp3) is 0.571. The molecule has 3 heterocycles. The summed E-state index contributed by atoms with van der Waals surface area (Å²) < 4.78 is 5.36. The minimum atomic E-state index is 0.428. The summed E-state index contributed by atoms with van der Waals surface area (Å²) in [5.41, 5.74) is 1.05. The second kappa shape index (κ2) is 6.62. The van der Waals surface area contributed by atoms with Crippen molar-refractivity contribution in [2.24, 2.45) is 0 Å². The molecule has 2 N–H and O–H groups in total. The second-order valence-corrected chi connectivity index (χ2v) is 5.29. The highest BCUT2D eigenvalue weighted by atomic mass is 16.5. The molecule has 1 saturated heterocycles. The van der Waals surface area contributed by atoms with Crippen molar-refractivity contribution in [1.82, 2.24) is 25.1 Å². The summed E-state index contributed by atoms with van der Waals surface area (Å²) in [4.78, 5) is 13.0. The molecule has 3 rings (SSSR count). The monoisotopic (exact) mass is 288 g/mol. The summed E-state index contributed by atoms with van der Waals surface area (Å²) >= 11 is 0. The molecule has 0 aliphatic carbocycles. The lowest BCUT2D eigenvalue weighted by Gasteiger charge is -2.18. The lowest BCUT2D eigenvalue weighted by Crippen LogP contribution is -2.15. The van der Waals surface area contributed by atoms with Crippen LogP contribution in [0.1, 0.15) is 36.0 Å². The van der Waals surface area contributed by atoms with Gasteiger partial charge in [0.2, 0.25) is 5.95 Å². The molecule has 112 valence electrons. The predicted octanol–water partition coefficient (Wildman–Crippen LogP) is 1.45. The van der Waals surface area contributed by atoms with Crippen LogP contribution < -0.4 is 5.32 Å². The van der Waals surface area contributed by atoms with Gasteiger partial charge in [-0.1, -0.05) is 0 Å². The van der Waals surface area contributed by atoms with Crippen molar-refractivity contribution in [1.29, 1.82) is 0 Å². The highest BCUT2D eigenvalue weighted by molar-refractivity contribution is 5.24. The average molecular weight is 288 g/mol. The number of aromatic amines is 1. The number of ether oxygens (including phenoxy) is 1. The molecule has 21 heavy (non-hydrogen) atoms. The Morgan fingerprint density at radius 2 is 2.05 bits per heavy atom. The first kappa shape index (κ1) is 13.9. The average Bonchev–Trinajstić information content (AvgIpc) is 2.99. The van der Waals surface area contributed by atoms with Crippen LogP contribution in [-0.4, -0.2) is 44.9 Å².